The number of aryl methyl sites for hydroxylation is 1. The molecule has 0 amide bonds. The third-order valence-electron chi connectivity index (χ3n) is 4.03. The Balaban J connectivity index is 1.90. The zero-order chi connectivity index (χ0) is 15.0. The monoisotopic (exact) mass is 301 g/mol. The van der Waals surface area contributed by atoms with Crippen molar-refractivity contribution in [2.24, 2.45) is 5.73 Å². The van der Waals surface area contributed by atoms with Gasteiger partial charge in [0, 0.05) is 10.9 Å². The molecule has 2 aromatic carbocycles. The lowest BCUT2D eigenvalue weighted by Gasteiger charge is -2.16. The topological polar surface area (TPSA) is 52.3 Å². The molecule has 0 saturated carbocycles. The van der Waals surface area contributed by atoms with Crippen LogP contribution in [0.15, 0.2) is 47.4 Å². The lowest BCUT2D eigenvalue weighted by molar-refractivity contribution is 0.414. The van der Waals surface area contributed by atoms with Gasteiger partial charge in [-0.05, 0) is 54.3 Å². The van der Waals surface area contributed by atoms with Gasteiger partial charge in [0.1, 0.15) is 5.75 Å². The van der Waals surface area contributed by atoms with E-state index in [1.165, 1.54) is 5.56 Å². The summed E-state index contributed by atoms with van der Waals surface area (Å²) >= 11 is 0. The fraction of sp³-hybridized carbons (Fsp3) is 0.294. The van der Waals surface area contributed by atoms with Crippen molar-refractivity contribution < 1.29 is 8.95 Å². The van der Waals surface area contributed by atoms with Crippen LogP contribution < -0.4 is 10.5 Å². The highest BCUT2D eigenvalue weighted by atomic mass is 32.2. The number of rotatable bonds is 3. The lowest BCUT2D eigenvalue weighted by atomic mass is 10.1. The molecule has 0 spiro atoms. The van der Waals surface area contributed by atoms with E-state index in [1.807, 2.05) is 49.4 Å². The molecule has 21 heavy (non-hydrogen) atoms. The summed E-state index contributed by atoms with van der Waals surface area (Å²) in [6.45, 7) is 2.01. The number of fused-ring (bicyclic) bond motifs is 1. The molecule has 2 N–H and O–H groups in total. The second-order valence-corrected chi connectivity index (χ2v) is 7.12. The molecule has 2 aromatic rings. The normalized spacial score (nSPS) is 21.9. The maximum absolute atomic E-state index is 12.8. The molecule has 4 heteroatoms. The molecule has 0 saturated heterocycles. The first-order valence-corrected chi connectivity index (χ1v) is 8.21. The first-order valence-electron chi connectivity index (χ1n) is 7.00. The Bertz CT molecular complexity index is 699. The summed E-state index contributed by atoms with van der Waals surface area (Å²) in [6.07, 6.45) is 0.751. The van der Waals surface area contributed by atoms with Crippen molar-refractivity contribution in [3.8, 4) is 5.75 Å². The van der Waals surface area contributed by atoms with E-state index in [0.717, 1.165) is 28.2 Å². The summed E-state index contributed by atoms with van der Waals surface area (Å²) in [5.41, 5.74) is 9.69. The van der Waals surface area contributed by atoms with Crippen molar-refractivity contribution in [2.75, 3.05) is 7.11 Å². The van der Waals surface area contributed by atoms with Gasteiger partial charge in [0.2, 0.25) is 0 Å². The first-order chi connectivity index (χ1) is 10.1. The molecule has 3 nitrogen and oxygen atoms in total. The highest BCUT2D eigenvalue weighted by Gasteiger charge is 2.34. The van der Waals surface area contributed by atoms with Crippen LogP contribution in [0.3, 0.4) is 0 Å². The Morgan fingerprint density at radius 2 is 2.05 bits per heavy atom. The molecule has 0 bridgehead atoms. The van der Waals surface area contributed by atoms with E-state index in [1.54, 1.807) is 7.11 Å². The van der Waals surface area contributed by atoms with Crippen LogP contribution in [-0.4, -0.2) is 16.6 Å². The van der Waals surface area contributed by atoms with Gasteiger partial charge in [0.15, 0.2) is 0 Å². The van der Waals surface area contributed by atoms with Crippen LogP contribution >= 0.6 is 0 Å². The van der Waals surface area contributed by atoms with Gasteiger partial charge in [-0.15, -0.1) is 0 Å². The van der Waals surface area contributed by atoms with Crippen LogP contribution in [0.2, 0.25) is 0 Å². The van der Waals surface area contributed by atoms with Gasteiger partial charge < -0.3 is 10.5 Å². The van der Waals surface area contributed by atoms with Crippen LogP contribution in [0, 0.1) is 6.92 Å². The van der Waals surface area contributed by atoms with Crippen LogP contribution in [0.4, 0.5) is 0 Å². The number of hydrogen-bond donors (Lipinski definition) is 1. The summed E-state index contributed by atoms with van der Waals surface area (Å²) in [5.74, 6) is 0.797. The van der Waals surface area contributed by atoms with E-state index < -0.39 is 10.8 Å². The summed E-state index contributed by atoms with van der Waals surface area (Å²) in [7, 11) is 0.544. The maximum atomic E-state index is 12.8. The summed E-state index contributed by atoms with van der Waals surface area (Å²) in [5, 5.41) is -0.0751. The molecular weight excluding hydrogens is 282 g/mol. The molecular formula is C17H19NO2S. The Labute approximate surface area is 127 Å². The predicted octanol–water partition coefficient (Wildman–Crippen LogP) is 2.74. The number of ether oxygens (including phenoxy) is 1. The molecule has 3 atom stereocenters. The van der Waals surface area contributed by atoms with Gasteiger partial charge in [0.05, 0.1) is 23.2 Å². The van der Waals surface area contributed by atoms with Crippen molar-refractivity contribution >= 4 is 10.8 Å². The van der Waals surface area contributed by atoms with E-state index in [2.05, 4.69) is 0 Å². The SMILES string of the molecule is COc1ccc2c(c1)C(N)C(S(=O)c1cccc(C)c1)C2. The van der Waals surface area contributed by atoms with Crippen LogP contribution in [-0.2, 0) is 17.2 Å². The van der Waals surface area contributed by atoms with Gasteiger partial charge >= 0.3 is 0 Å². The Morgan fingerprint density at radius 1 is 1.24 bits per heavy atom. The van der Waals surface area contributed by atoms with Crippen LogP contribution in [0.1, 0.15) is 22.7 Å². The van der Waals surface area contributed by atoms with E-state index >= 15 is 0 Å². The predicted molar refractivity (Wildman–Crippen MR) is 85.0 cm³/mol. The summed E-state index contributed by atoms with van der Waals surface area (Å²) in [6, 6.07) is 13.6. The number of hydrogen-bond acceptors (Lipinski definition) is 3. The van der Waals surface area contributed by atoms with Gasteiger partial charge in [-0.1, -0.05) is 18.2 Å². The average Bonchev–Trinajstić information content (AvgIpc) is 2.83. The molecule has 0 fully saturated rings. The Kier molecular flexibility index (Phi) is 3.83. The van der Waals surface area contributed by atoms with Gasteiger partial charge in [-0.25, -0.2) is 0 Å². The minimum absolute atomic E-state index is 0.0751. The quantitative estimate of drug-likeness (QED) is 0.948. The molecule has 0 aliphatic heterocycles. The molecule has 3 rings (SSSR count). The molecule has 0 heterocycles. The molecule has 110 valence electrons. The Hall–Kier alpha value is -1.65. The third kappa shape index (κ3) is 2.61. The van der Waals surface area contributed by atoms with Crippen molar-refractivity contribution in [1.82, 2.24) is 0 Å². The number of benzene rings is 2. The molecule has 1 aliphatic carbocycles. The fourth-order valence-corrected chi connectivity index (χ4v) is 4.47. The maximum Gasteiger partial charge on any atom is 0.119 e. The second-order valence-electron chi connectivity index (χ2n) is 5.45. The minimum Gasteiger partial charge on any atom is -0.497 e. The van der Waals surface area contributed by atoms with Crippen molar-refractivity contribution in [3.05, 3.63) is 59.2 Å². The number of nitrogens with two attached hydrogens (primary N) is 1. The number of methoxy groups -OCH3 is 1. The van der Waals surface area contributed by atoms with Crippen molar-refractivity contribution in [1.29, 1.82) is 0 Å². The lowest BCUT2D eigenvalue weighted by Crippen LogP contribution is -2.26. The second kappa shape index (κ2) is 5.62. The first kappa shape index (κ1) is 14.3. The van der Waals surface area contributed by atoms with E-state index in [0.29, 0.717) is 0 Å². The van der Waals surface area contributed by atoms with E-state index in [-0.39, 0.29) is 11.3 Å². The van der Waals surface area contributed by atoms with Gasteiger partial charge in [-0.3, -0.25) is 4.21 Å². The smallest absolute Gasteiger partial charge is 0.119 e. The van der Waals surface area contributed by atoms with E-state index in [4.69, 9.17) is 10.5 Å². The van der Waals surface area contributed by atoms with Crippen molar-refractivity contribution in [3.63, 3.8) is 0 Å². The minimum atomic E-state index is -1.10. The zero-order valence-electron chi connectivity index (χ0n) is 12.2. The van der Waals surface area contributed by atoms with Crippen LogP contribution in [0.5, 0.6) is 5.75 Å². The summed E-state index contributed by atoms with van der Waals surface area (Å²) < 4.78 is 18.1. The molecule has 0 aromatic heterocycles. The Morgan fingerprint density at radius 3 is 2.76 bits per heavy atom. The van der Waals surface area contributed by atoms with E-state index in [9.17, 15) is 4.21 Å². The fourth-order valence-electron chi connectivity index (χ4n) is 2.86. The van der Waals surface area contributed by atoms with Gasteiger partial charge in [-0.2, -0.15) is 0 Å². The molecule has 1 aliphatic rings. The zero-order valence-corrected chi connectivity index (χ0v) is 13.0. The third-order valence-corrected chi connectivity index (χ3v) is 5.76. The standard InChI is InChI=1S/C17H19NO2S/c1-11-4-3-5-14(8-11)21(19)16-9-12-6-7-13(20-2)10-15(12)17(16)18/h3-8,10,16-17H,9,18H2,1-2H3. The van der Waals surface area contributed by atoms with Crippen LogP contribution in [0.25, 0.3) is 0 Å². The summed E-state index contributed by atoms with van der Waals surface area (Å²) in [4.78, 5) is 0.857. The van der Waals surface area contributed by atoms with Crippen molar-refractivity contribution in [2.45, 2.75) is 29.5 Å². The molecule has 3 unspecified atom stereocenters. The molecule has 0 radical (unpaired) electrons. The largest absolute Gasteiger partial charge is 0.497 e. The van der Waals surface area contributed by atoms with Gasteiger partial charge in [0.25, 0.3) is 0 Å². The highest BCUT2D eigenvalue weighted by molar-refractivity contribution is 7.85. The average molecular weight is 301 g/mol. The highest BCUT2D eigenvalue weighted by Crippen LogP contribution is 2.36.